The van der Waals surface area contributed by atoms with Crippen LogP contribution in [0.4, 0.5) is 13.2 Å². The van der Waals surface area contributed by atoms with Crippen molar-refractivity contribution in [2.75, 3.05) is 7.11 Å². The third kappa shape index (κ3) is 3.76. The van der Waals surface area contributed by atoms with Gasteiger partial charge in [-0.1, -0.05) is 17.7 Å². The van der Waals surface area contributed by atoms with Crippen LogP contribution in [0.1, 0.15) is 31.3 Å². The largest absolute Gasteiger partial charge is 0.465 e. The van der Waals surface area contributed by atoms with Crippen LogP contribution >= 0.6 is 22.9 Å². The molecule has 142 valence electrons. The molecule has 0 atom stereocenters. The summed E-state index contributed by atoms with van der Waals surface area (Å²) in [4.78, 5) is 28.6. The summed E-state index contributed by atoms with van der Waals surface area (Å²) >= 11 is 7.49. The molecule has 1 amide bonds. The van der Waals surface area contributed by atoms with Gasteiger partial charge in [-0.25, -0.2) is 9.78 Å². The summed E-state index contributed by atoms with van der Waals surface area (Å²) in [6, 6.07) is 4.20. The van der Waals surface area contributed by atoms with Gasteiger partial charge in [0.1, 0.15) is 5.15 Å². The van der Waals surface area contributed by atoms with E-state index in [0.717, 1.165) is 22.6 Å². The first-order valence-corrected chi connectivity index (χ1v) is 8.66. The summed E-state index contributed by atoms with van der Waals surface area (Å²) in [7, 11) is 1.04. The van der Waals surface area contributed by atoms with Crippen molar-refractivity contribution >= 4 is 40.5 Å². The first kappa shape index (κ1) is 19.2. The lowest BCUT2D eigenvalue weighted by molar-refractivity contribution is -0.136. The monoisotopic (exact) mass is 417 g/mol. The highest BCUT2D eigenvalue weighted by molar-refractivity contribution is 7.09. The van der Waals surface area contributed by atoms with Gasteiger partial charge in [-0.3, -0.25) is 9.20 Å². The molecule has 6 nitrogen and oxygen atoms in total. The van der Waals surface area contributed by atoms with Crippen molar-refractivity contribution in [3.05, 3.63) is 56.6 Å². The van der Waals surface area contributed by atoms with Gasteiger partial charge in [0.2, 0.25) is 0 Å². The molecule has 1 N–H and O–H groups in total. The number of ether oxygens (including phenoxy) is 1. The fraction of sp³-hybridized carbons (Fsp3) is 0.188. The van der Waals surface area contributed by atoms with Gasteiger partial charge >= 0.3 is 12.1 Å². The van der Waals surface area contributed by atoms with Crippen molar-refractivity contribution in [3.8, 4) is 0 Å². The lowest BCUT2D eigenvalue weighted by Crippen LogP contribution is -2.23. The second kappa shape index (κ2) is 7.20. The van der Waals surface area contributed by atoms with E-state index in [-0.39, 0.29) is 23.0 Å². The van der Waals surface area contributed by atoms with Crippen LogP contribution in [-0.2, 0) is 17.5 Å². The number of methoxy groups -OCH3 is 1. The summed E-state index contributed by atoms with van der Waals surface area (Å²) in [5.41, 5.74) is -2.53. The Morgan fingerprint density at radius 2 is 2.15 bits per heavy atom. The zero-order chi connectivity index (χ0) is 19.8. The number of thiophene rings is 1. The van der Waals surface area contributed by atoms with Crippen molar-refractivity contribution < 1.29 is 27.5 Å². The number of nitrogens with zero attached hydrogens (tertiary/aromatic N) is 2. The van der Waals surface area contributed by atoms with E-state index >= 15 is 0 Å². The van der Waals surface area contributed by atoms with Crippen LogP contribution in [0.5, 0.6) is 0 Å². The fourth-order valence-corrected chi connectivity index (χ4v) is 3.27. The Morgan fingerprint density at radius 1 is 1.41 bits per heavy atom. The minimum Gasteiger partial charge on any atom is -0.465 e. The van der Waals surface area contributed by atoms with Crippen LogP contribution in [0.25, 0.3) is 5.65 Å². The highest BCUT2D eigenvalue weighted by Crippen LogP contribution is 2.35. The first-order valence-electron chi connectivity index (χ1n) is 7.40. The maximum Gasteiger partial charge on any atom is 0.420 e. The SMILES string of the molecule is COC(=O)c1cc(C(F)(F)F)c2nc(C(=O)NCc3cccs3)c(Cl)n2c1. The molecule has 11 heteroatoms. The Labute approximate surface area is 159 Å². The van der Waals surface area contributed by atoms with Gasteiger partial charge in [0.05, 0.1) is 24.8 Å². The molecule has 3 aromatic heterocycles. The Kier molecular flexibility index (Phi) is 5.11. The van der Waals surface area contributed by atoms with Crippen LogP contribution in [0, 0.1) is 0 Å². The number of amides is 1. The molecule has 0 fully saturated rings. The molecule has 0 bridgehead atoms. The van der Waals surface area contributed by atoms with Crippen LogP contribution in [0.2, 0.25) is 5.15 Å². The average Bonchev–Trinajstić information content (AvgIpc) is 3.25. The van der Waals surface area contributed by atoms with Gasteiger partial charge in [0.15, 0.2) is 11.3 Å². The van der Waals surface area contributed by atoms with Crippen molar-refractivity contribution in [1.82, 2.24) is 14.7 Å². The van der Waals surface area contributed by atoms with Crippen LogP contribution < -0.4 is 5.32 Å². The molecule has 27 heavy (non-hydrogen) atoms. The van der Waals surface area contributed by atoms with Gasteiger partial charge in [-0.15, -0.1) is 11.3 Å². The average molecular weight is 418 g/mol. The number of nitrogens with one attached hydrogen (secondary N) is 1. The van der Waals surface area contributed by atoms with Gasteiger partial charge in [0, 0.05) is 11.1 Å². The first-order chi connectivity index (χ1) is 12.7. The second-order valence-electron chi connectivity index (χ2n) is 5.34. The van der Waals surface area contributed by atoms with E-state index < -0.39 is 29.3 Å². The van der Waals surface area contributed by atoms with Crippen molar-refractivity contribution in [2.45, 2.75) is 12.7 Å². The van der Waals surface area contributed by atoms with Crippen LogP contribution in [-0.4, -0.2) is 28.4 Å². The quantitative estimate of drug-likeness (QED) is 0.656. The smallest absolute Gasteiger partial charge is 0.420 e. The minimum atomic E-state index is -4.81. The summed E-state index contributed by atoms with van der Waals surface area (Å²) in [5, 5.41) is 4.03. The van der Waals surface area contributed by atoms with Crippen LogP contribution in [0.15, 0.2) is 29.8 Å². The number of aromatic nitrogens is 2. The number of alkyl halides is 3. The Balaban J connectivity index is 2.06. The number of hydrogen-bond donors (Lipinski definition) is 1. The molecular weight excluding hydrogens is 407 g/mol. The van der Waals surface area contributed by atoms with Crippen molar-refractivity contribution in [3.63, 3.8) is 0 Å². The standard InChI is InChI=1S/C16H11ClF3N3O3S/c1-26-15(25)8-5-10(16(18,19)20)13-22-11(12(17)23(13)7-8)14(24)21-6-9-3-2-4-27-9/h2-5,7H,6H2,1H3,(H,21,24). The van der Waals surface area contributed by atoms with Gasteiger partial charge < -0.3 is 10.1 Å². The second-order valence-corrected chi connectivity index (χ2v) is 6.73. The minimum absolute atomic E-state index is 0.181. The van der Waals surface area contributed by atoms with E-state index in [0.29, 0.717) is 6.07 Å². The predicted molar refractivity (Wildman–Crippen MR) is 92.0 cm³/mol. The third-order valence-electron chi connectivity index (χ3n) is 3.61. The van der Waals surface area contributed by atoms with E-state index in [1.54, 1.807) is 12.1 Å². The van der Waals surface area contributed by atoms with Crippen molar-refractivity contribution in [1.29, 1.82) is 0 Å². The topological polar surface area (TPSA) is 72.7 Å². The number of halogens is 4. The summed E-state index contributed by atoms with van der Waals surface area (Å²) in [6.07, 6.45) is -3.77. The van der Waals surface area contributed by atoms with E-state index in [1.165, 1.54) is 11.3 Å². The third-order valence-corrected chi connectivity index (χ3v) is 4.84. The summed E-state index contributed by atoms with van der Waals surface area (Å²) in [6.45, 7) is 0.181. The number of carbonyl (C=O) groups excluding carboxylic acids is 2. The summed E-state index contributed by atoms with van der Waals surface area (Å²) < 4.78 is 45.5. The lowest BCUT2D eigenvalue weighted by Gasteiger charge is -2.10. The molecule has 0 radical (unpaired) electrons. The molecule has 3 heterocycles. The number of pyridine rings is 1. The highest BCUT2D eigenvalue weighted by Gasteiger charge is 2.36. The molecule has 3 aromatic rings. The molecule has 0 aliphatic heterocycles. The van der Waals surface area contributed by atoms with E-state index in [2.05, 4.69) is 15.0 Å². The number of carbonyl (C=O) groups is 2. The number of rotatable bonds is 4. The predicted octanol–water partition coefficient (Wildman–Crippen LogP) is 3.78. The Hall–Kier alpha value is -2.59. The van der Waals surface area contributed by atoms with Gasteiger partial charge in [-0.2, -0.15) is 13.2 Å². The van der Waals surface area contributed by atoms with Crippen LogP contribution in [0.3, 0.4) is 0 Å². The van der Waals surface area contributed by atoms with Gasteiger partial charge in [0.25, 0.3) is 5.91 Å². The highest BCUT2D eigenvalue weighted by atomic mass is 35.5. The zero-order valence-electron chi connectivity index (χ0n) is 13.6. The molecule has 0 aliphatic rings. The molecule has 0 spiro atoms. The molecule has 0 aliphatic carbocycles. The lowest BCUT2D eigenvalue weighted by atomic mass is 10.2. The normalized spacial score (nSPS) is 11.6. The number of imidazole rings is 1. The Morgan fingerprint density at radius 3 is 2.74 bits per heavy atom. The van der Waals surface area contributed by atoms with Gasteiger partial charge in [-0.05, 0) is 17.5 Å². The maximum atomic E-state index is 13.4. The molecule has 0 unspecified atom stereocenters. The van der Waals surface area contributed by atoms with E-state index in [1.807, 2.05) is 5.38 Å². The van der Waals surface area contributed by atoms with E-state index in [9.17, 15) is 22.8 Å². The number of fused-ring (bicyclic) bond motifs is 1. The molecule has 3 rings (SSSR count). The Bertz CT molecular complexity index is 1020. The van der Waals surface area contributed by atoms with Crippen molar-refractivity contribution in [2.24, 2.45) is 0 Å². The maximum absolute atomic E-state index is 13.4. The number of esters is 1. The van der Waals surface area contributed by atoms with E-state index in [4.69, 9.17) is 11.6 Å². The fourth-order valence-electron chi connectivity index (χ4n) is 2.36. The molecule has 0 saturated carbocycles. The summed E-state index contributed by atoms with van der Waals surface area (Å²) in [5.74, 6) is -1.71. The molecular formula is C16H11ClF3N3O3S. The number of hydrogen-bond acceptors (Lipinski definition) is 5. The zero-order valence-corrected chi connectivity index (χ0v) is 15.2. The molecule has 0 aromatic carbocycles. The molecule has 0 saturated heterocycles.